The first-order valence-electron chi connectivity index (χ1n) is 11.9. The molecule has 194 valence electrons. The van der Waals surface area contributed by atoms with Crippen molar-refractivity contribution in [3.63, 3.8) is 0 Å². The minimum Gasteiger partial charge on any atom is -0.377 e. The Bertz CT molecular complexity index is 1080. The van der Waals surface area contributed by atoms with Crippen LogP contribution in [0.15, 0.2) is 42.5 Å². The van der Waals surface area contributed by atoms with Crippen molar-refractivity contribution < 1.29 is 23.9 Å². The summed E-state index contributed by atoms with van der Waals surface area (Å²) in [7, 11) is 1.48. The predicted octanol–water partition coefficient (Wildman–Crippen LogP) is 4.30. The molecule has 9 nitrogen and oxygen atoms in total. The number of urea groups is 1. The van der Waals surface area contributed by atoms with E-state index in [0.29, 0.717) is 42.5 Å². The molecule has 4 amide bonds. The van der Waals surface area contributed by atoms with Crippen molar-refractivity contribution in [2.24, 2.45) is 0 Å². The number of rotatable bonds is 9. The Balaban J connectivity index is 1.74. The van der Waals surface area contributed by atoms with Gasteiger partial charge < -0.3 is 29.9 Å². The first-order valence-corrected chi connectivity index (χ1v) is 12.3. The van der Waals surface area contributed by atoms with Gasteiger partial charge in [0.1, 0.15) is 12.6 Å². The number of likely N-dealkylation sites (tertiary alicyclic amines) is 1. The topological polar surface area (TPSA) is 100 Å². The highest BCUT2D eigenvalue weighted by atomic mass is 35.5. The van der Waals surface area contributed by atoms with Crippen LogP contribution in [0.2, 0.25) is 5.02 Å². The summed E-state index contributed by atoms with van der Waals surface area (Å²) in [6.07, 6.45) is 0.149. The lowest BCUT2D eigenvalue weighted by molar-refractivity contribution is -0.122. The number of ether oxygens (including phenoxy) is 2. The maximum Gasteiger partial charge on any atom is 0.322 e. The zero-order valence-electron chi connectivity index (χ0n) is 21.0. The van der Waals surface area contributed by atoms with Gasteiger partial charge >= 0.3 is 6.03 Å². The minimum absolute atomic E-state index is 0.0115. The Hall–Kier alpha value is -3.14. The molecule has 2 N–H and O–H groups in total. The van der Waals surface area contributed by atoms with Gasteiger partial charge in [-0.1, -0.05) is 11.6 Å². The number of anilines is 3. The van der Waals surface area contributed by atoms with Crippen LogP contribution in [0.25, 0.3) is 0 Å². The number of amides is 4. The smallest absolute Gasteiger partial charge is 0.322 e. The predicted molar refractivity (Wildman–Crippen MR) is 141 cm³/mol. The molecule has 1 saturated heterocycles. The van der Waals surface area contributed by atoms with E-state index in [1.807, 2.05) is 26.8 Å². The van der Waals surface area contributed by atoms with Crippen LogP contribution < -0.4 is 15.5 Å². The van der Waals surface area contributed by atoms with Crippen LogP contribution in [0.1, 0.15) is 25.8 Å². The van der Waals surface area contributed by atoms with E-state index in [2.05, 4.69) is 10.6 Å². The molecule has 0 spiro atoms. The lowest BCUT2D eigenvalue weighted by Crippen LogP contribution is -2.45. The van der Waals surface area contributed by atoms with Gasteiger partial charge in [-0.15, -0.1) is 0 Å². The van der Waals surface area contributed by atoms with Gasteiger partial charge in [0, 0.05) is 55.3 Å². The van der Waals surface area contributed by atoms with Crippen molar-refractivity contribution in [2.45, 2.75) is 39.3 Å². The third-order valence-electron chi connectivity index (χ3n) is 5.96. The molecule has 0 bridgehead atoms. The molecule has 0 saturated carbocycles. The summed E-state index contributed by atoms with van der Waals surface area (Å²) in [6.45, 7) is 6.92. The second-order valence-electron chi connectivity index (χ2n) is 8.48. The molecular formula is C26H33ClN4O5. The molecule has 1 aliphatic heterocycles. The van der Waals surface area contributed by atoms with Crippen molar-refractivity contribution in [1.29, 1.82) is 0 Å². The SMILES string of the molecule is CCO[C@@H]1C[C@H](C(=O)Nc2ccc(N(CC)C(=O)COC)c(C)c2)N(C(=O)Nc2ccc(Cl)cc2)C1. The number of nitrogens with one attached hydrogen (secondary N) is 2. The standard InChI is InChI=1S/C26H33ClN4O5/c1-5-30(24(32)16-35-4)22-12-11-20(13-17(22)3)28-25(33)23-14-21(36-6-2)15-31(23)26(34)29-19-9-7-18(27)8-10-19/h7-13,21,23H,5-6,14-16H2,1-4H3,(H,28,33)(H,29,34)/t21-,23-/m1/s1. The summed E-state index contributed by atoms with van der Waals surface area (Å²) >= 11 is 5.93. The molecule has 2 aromatic rings. The van der Waals surface area contributed by atoms with Gasteiger partial charge in [0.15, 0.2) is 0 Å². The van der Waals surface area contributed by atoms with Gasteiger partial charge in [-0.25, -0.2) is 4.79 Å². The molecule has 10 heteroatoms. The van der Waals surface area contributed by atoms with Crippen LogP contribution in [0.5, 0.6) is 0 Å². The first-order chi connectivity index (χ1) is 17.3. The quantitative estimate of drug-likeness (QED) is 0.517. The number of benzene rings is 2. The molecule has 1 fully saturated rings. The Morgan fingerprint density at radius 3 is 2.39 bits per heavy atom. The molecule has 0 aromatic heterocycles. The Morgan fingerprint density at radius 2 is 1.78 bits per heavy atom. The van der Waals surface area contributed by atoms with Crippen LogP contribution in [-0.4, -0.2) is 68.3 Å². The fourth-order valence-corrected chi connectivity index (χ4v) is 4.43. The van der Waals surface area contributed by atoms with Crippen molar-refractivity contribution in [1.82, 2.24) is 4.90 Å². The van der Waals surface area contributed by atoms with Gasteiger partial charge in [-0.3, -0.25) is 9.59 Å². The molecule has 3 rings (SSSR count). The highest BCUT2D eigenvalue weighted by molar-refractivity contribution is 6.30. The summed E-state index contributed by atoms with van der Waals surface area (Å²) < 4.78 is 10.7. The average molecular weight is 517 g/mol. The number of carbonyl (C=O) groups is 3. The van der Waals surface area contributed by atoms with Crippen LogP contribution in [0.4, 0.5) is 21.9 Å². The number of aryl methyl sites for hydroxylation is 1. The molecule has 0 unspecified atom stereocenters. The zero-order chi connectivity index (χ0) is 26.2. The average Bonchev–Trinajstić information content (AvgIpc) is 3.27. The summed E-state index contributed by atoms with van der Waals surface area (Å²) in [5.41, 5.74) is 2.74. The number of likely N-dealkylation sites (N-methyl/N-ethyl adjacent to an activating group) is 1. The van der Waals surface area contributed by atoms with Crippen molar-refractivity contribution >= 4 is 46.5 Å². The molecule has 1 heterocycles. The Morgan fingerprint density at radius 1 is 1.08 bits per heavy atom. The van der Waals surface area contributed by atoms with E-state index in [4.69, 9.17) is 21.1 Å². The lowest BCUT2D eigenvalue weighted by Gasteiger charge is -2.25. The molecule has 0 radical (unpaired) electrons. The maximum atomic E-state index is 13.3. The van der Waals surface area contributed by atoms with Gasteiger partial charge in [-0.2, -0.15) is 0 Å². The monoisotopic (exact) mass is 516 g/mol. The number of halogens is 1. The lowest BCUT2D eigenvalue weighted by atomic mass is 10.1. The van der Waals surface area contributed by atoms with E-state index < -0.39 is 6.04 Å². The van der Waals surface area contributed by atoms with E-state index in [1.54, 1.807) is 41.3 Å². The Labute approximate surface area is 216 Å². The molecule has 2 aromatic carbocycles. The van der Waals surface area contributed by atoms with Crippen molar-refractivity contribution in [3.05, 3.63) is 53.1 Å². The highest BCUT2D eigenvalue weighted by Crippen LogP contribution is 2.27. The number of carbonyl (C=O) groups excluding carboxylic acids is 3. The number of methoxy groups -OCH3 is 1. The van der Waals surface area contributed by atoms with Gasteiger partial charge in [0.05, 0.1) is 6.10 Å². The normalized spacial score (nSPS) is 17.1. The van der Waals surface area contributed by atoms with Crippen LogP contribution in [0, 0.1) is 6.92 Å². The van der Waals surface area contributed by atoms with Gasteiger partial charge in [0.25, 0.3) is 5.91 Å². The van der Waals surface area contributed by atoms with E-state index in [-0.39, 0.29) is 30.6 Å². The number of hydrogen-bond donors (Lipinski definition) is 2. The van der Waals surface area contributed by atoms with E-state index in [0.717, 1.165) is 11.3 Å². The van der Waals surface area contributed by atoms with E-state index in [1.165, 1.54) is 12.0 Å². The summed E-state index contributed by atoms with van der Waals surface area (Å²) in [6, 6.07) is 11.0. The second-order valence-corrected chi connectivity index (χ2v) is 8.92. The third kappa shape index (κ3) is 6.75. The van der Waals surface area contributed by atoms with Crippen LogP contribution >= 0.6 is 11.6 Å². The molecule has 36 heavy (non-hydrogen) atoms. The first kappa shape index (κ1) is 27.4. The highest BCUT2D eigenvalue weighted by Gasteiger charge is 2.40. The van der Waals surface area contributed by atoms with Crippen LogP contribution in [-0.2, 0) is 19.1 Å². The van der Waals surface area contributed by atoms with E-state index >= 15 is 0 Å². The zero-order valence-corrected chi connectivity index (χ0v) is 21.8. The molecule has 1 aliphatic rings. The van der Waals surface area contributed by atoms with E-state index in [9.17, 15) is 14.4 Å². The molecule has 2 atom stereocenters. The summed E-state index contributed by atoms with van der Waals surface area (Å²) in [5, 5.41) is 6.31. The van der Waals surface area contributed by atoms with Gasteiger partial charge in [0.2, 0.25) is 5.91 Å². The fraction of sp³-hybridized carbons (Fsp3) is 0.423. The third-order valence-corrected chi connectivity index (χ3v) is 6.22. The van der Waals surface area contributed by atoms with Crippen LogP contribution in [0.3, 0.4) is 0 Å². The molecule has 0 aliphatic carbocycles. The summed E-state index contributed by atoms with van der Waals surface area (Å²) in [5.74, 6) is -0.450. The molecular weight excluding hydrogens is 484 g/mol. The fourth-order valence-electron chi connectivity index (χ4n) is 4.30. The minimum atomic E-state index is -0.704. The van der Waals surface area contributed by atoms with Crippen molar-refractivity contribution in [2.75, 3.05) is 48.9 Å². The largest absolute Gasteiger partial charge is 0.377 e. The second kappa shape index (κ2) is 12.7. The maximum absolute atomic E-state index is 13.3. The number of nitrogens with zero attached hydrogens (tertiary/aromatic N) is 2. The number of hydrogen-bond acceptors (Lipinski definition) is 5. The Kier molecular flexibility index (Phi) is 9.69. The van der Waals surface area contributed by atoms with Crippen molar-refractivity contribution in [3.8, 4) is 0 Å². The summed E-state index contributed by atoms with van der Waals surface area (Å²) in [4.78, 5) is 41.8. The van der Waals surface area contributed by atoms with Gasteiger partial charge in [-0.05, 0) is 68.8 Å².